The zero-order valence-electron chi connectivity index (χ0n) is 10.0. The number of benzene rings is 2. The van der Waals surface area contributed by atoms with E-state index in [4.69, 9.17) is 17.1 Å². The second-order valence-corrected chi connectivity index (χ2v) is 5.28. The number of rotatable bonds is 4. The average Bonchev–Trinajstić information content (AvgIpc) is 2.43. The van der Waals surface area contributed by atoms with E-state index in [2.05, 4.69) is 10.0 Å². The summed E-state index contributed by atoms with van der Waals surface area (Å²) in [5, 5.41) is 13.2. The number of hydrogen-bond acceptors (Lipinski definition) is 3. The Balaban J connectivity index is 2.37. The average molecular weight is 306 g/mol. The van der Waals surface area contributed by atoms with Crippen LogP contribution in [0.1, 0.15) is 10.4 Å². The molecular formula is C13H8ClN3O2S. The third-order valence-electron chi connectivity index (χ3n) is 2.40. The number of halogens is 1. The molecule has 7 heteroatoms. The Labute approximate surface area is 123 Å². The van der Waals surface area contributed by atoms with Gasteiger partial charge in [-0.1, -0.05) is 34.5 Å². The highest BCUT2D eigenvalue weighted by Crippen LogP contribution is 2.33. The molecule has 2 rings (SSSR count). The number of nitrogens with zero attached hydrogens (tertiary/aromatic N) is 3. The van der Waals surface area contributed by atoms with Crippen molar-refractivity contribution in [1.82, 2.24) is 0 Å². The second kappa shape index (κ2) is 6.34. The Kier molecular flexibility index (Phi) is 4.53. The highest BCUT2D eigenvalue weighted by atomic mass is 35.5. The van der Waals surface area contributed by atoms with Gasteiger partial charge in [0.25, 0.3) is 0 Å². The van der Waals surface area contributed by atoms with E-state index >= 15 is 0 Å². The molecule has 2 aromatic rings. The van der Waals surface area contributed by atoms with E-state index in [9.17, 15) is 9.90 Å². The maximum absolute atomic E-state index is 11.3. The standard InChI is InChI=1S/C13H8ClN3O2S/c14-8-1-4-10(5-2-8)20-12-6-3-9(16-17-15)7-11(12)13(18)19/h1-7H,(H,18,19). The lowest BCUT2D eigenvalue weighted by molar-refractivity contribution is 0.0693. The molecule has 20 heavy (non-hydrogen) atoms. The minimum absolute atomic E-state index is 0.0925. The van der Waals surface area contributed by atoms with E-state index in [1.807, 2.05) is 0 Å². The lowest BCUT2D eigenvalue weighted by atomic mass is 10.2. The third kappa shape index (κ3) is 3.45. The molecule has 0 aliphatic heterocycles. The van der Waals surface area contributed by atoms with Crippen molar-refractivity contribution in [2.45, 2.75) is 9.79 Å². The van der Waals surface area contributed by atoms with E-state index in [0.29, 0.717) is 9.92 Å². The minimum Gasteiger partial charge on any atom is -0.478 e. The Bertz CT molecular complexity index is 697. The topological polar surface area (TPSA) is 86.1 Å². The van der Waals surface area contributed by atoms with Gasteiger partial charge in [-0.3, -0.25) is 0 Å². The van der Waals surface area contributed by atoms with Crippen LogP contribution in [0.2, 0.25) is 5.02 Å². The van der Waals surface area contributed by atoms with Crippen molar-refractivity contribution in [2.24, 2.45) is 5.11 Å². The molecule has 0 atom stereocenters. The summed E-state index contributed by atoms with van der Waals surface area (Å²) in [6.07, 6.45) is 0. The molecule has 0 saturated heterocycles. The van der Waals surface area contributed by atoms with Crippen LogP contribution in [0.4, 0.5) is 5.69 Å². The molecule has 100 valence electrons. The molecular weight excluding hydrogens is 298 g/mol. The van der Waals surface area contributed by atoms with Gasteiger partial charge in [-0.25, -0.2) is 4.79 Å². The molecule has 5 nitrogen and oxygen atoms in total. The molecule has 2 aromatic carbocycles. The molecule has 0 amide bonds. The molecule has 0 aliphatic carbocycles. The van der Waals surface area contributed by atoms with Gasteiger partial charge in [0, 0.05) is 25.4 Å². The second-order valence-electron chi connectivity index (χ2n) is 3.73. The molecule has 0 bridgehead atoms. The Morgan fingerprint density at radius 2 is 1.95 bits per heavy atom. The summed E-state index contributed by atoms with van der Waals surface area (Å²) in [5.41, 5.74) is 8.73. The molecule has 0 heterocycles. The molecule has 0 radical (unpaired) electrons. The summed E-state index contributed by atoms with van der Waals surface area (Å²) < 4.78 is 0. The molecule has 0 fully saturated rings. The Hall–Kier alpha value is -2.14. The zero-order valence-corrected chi connectivity index (χ0v) is 11.6. The van der Waals surface area contributed by atoms with Crippen LogP contribution in [0.5, 0.6) is 0 Å². The van der Waals surface area contributed by atoms with Gasteiger partial charge >= 0.3 is 5.97 Å². The van der Waals surface area contributed by atoms with Crippen molar-refractivity contribution in [1.29, 1.82) is 0 Å². The normalized spacial score (nSPS) is 9.85. The smallest absolute Gasteiger partial charge is 0.336 e. The van der Waals surface area contributed by atoms with Crippen LogP contribution in [-0.4, -0.2) is 11.1 Å². The van der Waals surface area contributed by atoms with Gasteiger partial charge in [-0.2, -0.15) is 0 Å². The molecule has 0 aromatic heterocycles. The van der Waals surface area contributed by atoms with Crippen LogP contribution in [0.15, 0.2) is 57.4 Å². The van der Waals surface area contributed by atoms with Crippen molar-refractivity contribution in [3.63, 3.8) is 0 Å². The van der Waals surface area contributed by atoms with Gasteiger partial charge in [0.2, 0.25) is 0 Å². The molecule has 0 unspecified atom stereocenters. The van der Waals surface area contributed by atoms with Crippen LogP contribution in [-0.2, 0) is 0 Å². The lowest BCUT2D eigenvalue weighted by Gasteiger charge is -2.06. The van der Waals surface area contributed by atoms with Gasteiger partial charge in [0.15, 0.2) is 0 Å². The van der Waals surface area contributed by atoms with Crippen LogP contribution in [0.25, 0.3) is 10.4 Å². The van der Waals surface area contributed by atoms with E-state index in [0.717, 1.165) is 4.90 Å². The quantitative estimate of drug-likeness (QED) is 0.482. The molecule has 0 saturated carbocycles. The van der Waals surface area contributed by atoms with Crippen molar-refractivity contribution in [3.8, 4) is 0 Å². The van der Waals surface area contributed by atoms with E-state index in [1.165, 1.54) is 17.8 Å². The Morgan fingerprint density at radius 3 is 2.55 bits per heavy atom. The first-order chi connectivity index (χ1) is 9.60. The first-order valence-electron chi connectivity index (χ1n) is 5.46. The molecule has 0 spiro atoms. The van der Waals surface area contributed by atoms with Crippen LogP contribution in [0, 0.1) is 0 Å². The van der Waals surface area contributed by atoms with Crippen molar-refractivity contribution >= 4 is 35.0 Å². The zero-order chi connectivity index (χ0) is 14.5. The van der Waals surface area contributed by atoms with Gasteiger partial charge in [0.1, 0.15) is 0 Å². The summed E-state index contributed by atoms with van der Waals surface area (Å²) >= 11 is 7.11. The summed E-state index contributed by atoms with van der Waals surface area (Å²) in [4.78, 5) is 15.3. The monoisotopic (exact) mass is 305 g/mol. The first kappa shape index (κ1) is 14.3. The Morgan fingerprint density at radius 1 is 1.25 bits per heavy atom. The van der Waals surface area contributed by atoms with Gasteiger partial charge in [-0.15, -0.1) is 0 Å². The predicted molar refractivity (Wildman–Crippen MR) is 77.8 cm³/mol. The van der Waals surface area contributed by atoms with Crippen LogP contribution >= 0.6 is 23.4 Å². The first-order valence-corrected chi connectivity index (χ1v) is 6.65. The maximum atomic E-state index is 11.3. The summed E-state index contributed by atoms with van der Waals surface area (Å²) in [6.45, 7) is 0. The molecule has 1 N–H and O–H groups in total. The molecule has 0 aliphatic rings. The fourth-order valence-corrected chi connectivity index (χ4v) is 2.56. The number of hydrogen-bond donors (Lipinski definition) is 1. The fourth-order valence-electron chi connectivity index (χ4n) is 1.52. The number of azide groups is 1. The summed E-state index contributed by atoms with van der Waals surface area (Å²) in [5.74, 6) is -1.07. The SMILES string of the molecule is [N-]=[N+]=Nc1ccc(Sc2ccc(Cl)cc2)c(C(=O)O)c1. The minimum atomic E-state index is -1.07. The van der Waals surface area contributed by atoms with Gasteiger partial charge in [-0.05, 0) is 41.9 Å². The van der Waals surface area contributed by atoms with Crippen LogP contribution < -0.4 is 0 Å². The van der Waals surface area contributed by atoms with E-state index in [1.54, 1.807) is 36.4 Å². The van der Waals surface area contributed by atoms with Crippen molar-refractivity contribution in [3.05, 3.63) is 63.5 Å². The number of carbonyl (C=O) groups is 1. The third-order valence-corrected chi connectivity index (χ3v) is 3.73. The summed E-state index contributed by atoms with van der Waals surface area (Å²) in [6, 6.07) is 11.6. The largest absolute Gasteiger partial charge is 0.478 e. The highest BCUT2D eigenvalue weighted by molar-refractivity contribution is 7.99. The predicted octanol–water partition coefficient (Wildman–Crippen LogP) is 5.13. The maximum Gasteiger partial charge on any atom is 0.336 e. The lowest BCUT2D eigenvalue weighted by Crippen LogP contribution is -1.98. The van der Waals surface area contributed by atoms with Crippen LogP contribution in [0.3, 0.4) is 0 Å². The van der Waals surface area contributed by atoms with Crippen molar-refractivity contribution < 1.29 is 9.90 Å². The highest BCUT2D eigenvalue weighted by Gasteiger charge is 2.12. The van der Waals surface area contributed by atoms with E-state index < -0.39 is 5.97 Å². The number of carboxylic acids is 1. The summed E-state index contributed by atoms with van der Waals surface area (Å²) in [7, 11) is 0. The number of aromatic carboxylic acids is 1. The van der Waals surface area contributed by atoms with E-state index in [-0.39, 0.29) is 11.3 Å². The van der Waals surface area contributed by atoms with Gasteiger partial charge in [0.05, 0.1) is 5.56 Å². The fraction of sp³-hybridized carbons (Fsp3) is 0. The van der Waals surface area contributed by atoms with Gasteiger partial charge < -0.3 is 5.11 Å². The van der Waals surface area contributed by atoms with Crippen molar-refractivity contribution in [2.75, 3.05) is 0 Å². The number of carboxylic acid groups (broad SMARTS) is 1.